The second-order valence-corrected chi connectivity index (χ2v) is 6.01. The SMILES string of the molecule is CCN(CC(CO)(NC)C1CC1)C(C)CN(C)C. The van der Waals surface area contributed by atoms with E-state index in [9.17, 15) is 5.11 Å². The maximum atomic E-state index is 9.80. The number of likely N-dealkylation sites (N-methyl/N-ethyl adjacent to an activating group) is 3. The minimum atomic E-state index is -0.101. The first-order valence-electron chi connectivity index (χ1n) is 7.17. The van der Waals surface area contributed by atoms with Crippen molar-refractivity contribution < 1.29 is 5.11 Å². The Morgan fingerprint density at radius 3 is 2.33 bits per heavy atom. The summed E-state index contributed by atoms with van der Waals surface area (Å²) in [7, 11) is 6.21. The molecule has 0 bridgehead atoms. The van der Waals surface area contributed by atoms with Gasteiger partial charge in [0, 0.05) is 19.1 Å². The maximum absolute atomic E-state index is 9.80. The molecule has 0 spiro atoms. The van der Waals surface area contributed by atoms with E-state index in [-0.39, 0.29) is 12.1 Å². The second-order valence-electron chi connectivity index (χ2n) is 6.01. The molecule has 4 heteroatoms. The molecule has 1 fully saturated rings. The molecule has 2 N–H and O–H groups in total. The Morgan fingerprint density at radius 1 is 1.39 bits per heavy atom. The topological polar surface area (TPSA) is 38.7 Å². The van der Waals surface area contributed by atoms with Gasteiger partial charge in [0.1, 0.15) is 0 Å². The quantitative estimate of drug-likeness (QED) is 0.635. The van der Waals surface area contributed by atoms with Crippen molar-refractivity contribution >= 4 is 0 Å². The standard InChI is InChI=1S/C14H31N3O/c1-6-17(12(2)9-16(4)5)10-14(11-18,15-3)13-7-8-13/h12-13,15,18H,6-11H2,1-5H3. The van der Waals surface area contributed by atoms with E-state index in [2.05, 4.69) is 43.1 Å². The van der Waals surface area contributed by atoms with Gasteiger partial charge in [-0.2, -0.15) is 0 Å². The van der Waals surface area contributed by atoms with Crippen molar-refractivity contribution in [2.24, 2.45) is 5.92 Å². The summed E-state index contributed by atoms with van der Waals surface area (Å²) in [4.78, 5) is 4.70. The largest absolute Gasteiger partial charge is 0.394 e. The molecular formula is C14H31N3O. The monoisotopic (exact) mass is 257 g/mol. The van der Waals surface area contributed by atoms with Crippen LogP contribution in [0, 0.1) is 5.92 Å². The normalized spacial score (nSPS) is 21.3. The van der Waals surface area contributed by atoms with E-state index in [0.717, 1.165) is 19.6 Å². The van der Waals surface area contributed by atoms with Crippen LogP contribution in [0.25, 0.3) is 0 Å². The van der Waals surface area contributed by atoms with E-state index in [0.29, 0.717) is 12.0 Å². The van der Waals surface area contributed by atoms with Gasteiger partial charge in [-0.1, -0.05) is 6.92 Å². The summed E-state index contributed by atoms with van der Waals surface area (Å²) in [5.74, 6) is 0.646. The van der Waals surface area contributed by atoms with Gasteiger partial charge in [0.15, 0.2) is 0 Å². The zero-order valence-electron chi connectivity index (χ0n) is 12.7. The lowest BCUT2D eigenvalue weighted by molar-refractivity contribution is 0.0745. The van der Waals surface area contributed by atoms with Gasteiger partial charge in [0.2, 0.25) is 0 Å². The van der Waals surface area contributed by atoms with Gasteiger partial charge < -0.3 is 15.3 Å². The third kappa shape index (κ3) is 3.92. The van der Waals surface area contributed by atoms with Crippen molar-refractivity contribution in [1.82, 2.24) is 15.1 Å². The fourth-order valence-electron chi connectivity index (χ4n) is 2.89. The van der Waals surface area contributed by atoms with Gasteiger partial charge in [0.25, 0.3) is 0 Å². The molecule has 0 aromatic rings. The molecule has 2 unspecified atom stereocenters. The third-order valence-electron chi connectivity index (χ3n) is 4.28. The molecule has 4 nitrogen and oxygen atoms in total. The molecule has 0 aromatic carbocycles. The van der Waals surface area contributed by atoms with Crippen molar-refractivity contribution in [2.75, 3.05) is 47.4 Å². The summed E-state index contributed by atoms with van der Waals surface area (Å²) in [6.45, 7) is 7.75. The summed E-state index contributed by atoms with van der Waals surface area (Å²) in [5, 5.41) is 13.2. The lowest BCUT2D eigenvalue weighted by Crippen LogP contribution is -2.58. The Bertz CT molecular complexity index is 237. The van der Waals surface area contributed by atoms with E-state index in [1.54, 1.807) is 0 Å². The first kappa shape index (κ1) is 15.9. The summed E-state index contributed by atoms with van der Waals surface area (Å²) >= 11 is 0. The van der Waals surface area contributed by atoms with Crippen LogP contribution < -0.4 is 5.32 Å². The first-order chi connectivity index (χ1) is 8.49. The number of aliphatic hydroxyl groups excluding tert-OH is 1. The number of aliphatic hydroxyl groups is 1. The Labute approximate surface area is 112 Å². The summed E-state index contributed by atoms with van der Waals surface area (Å²) in [6.07, 6.45) is 2.50. The predicted molar refractivity (Wildman–Crippen MR) is 76.9 cm³/mol. The summed E-state index contributed by atoms with van der Waals surface area (Å²) in [5.41, 5.74) is -0.101. The van der Waals surface area contributed by atoms with Crippen LogP contribution >= 0.6 is 0 Å². The lowest BCUT2D eigenvalue weighted by atomic mass is 9.93. The van der Waals surface area contributed by atoms with Gasteiger partial charge in [-0.3, -0.25) is 4.90 Å². The molecule has 1 rings (SSSR count). The van der Waals surface area contributed by atoms with Crippen molar-refractivity contribution in [1.29, 1.82) is 0 Å². The molecule has 18 heavy (non-hydrogen) atoms. The van der Waals surface area contributed by atoms with Crippen molar-refractivity contribution in [3.05, 3.63) is 0 Å². The molecule has 1 aliphatic carbocycles. The van der Waals surface area contributed by atoms with Crippen LogP contribution in [-0.4, -0.2) is 73.9 Å². The molecule has 0 saturated heterocycles. The first-order valence-corrected chi connectivity index (χ1v) is 7.17. The van der Waals surface area contributed by atoms with E-state index in [1.165, 1.54) is 12.8 Å². The maximum Gasteiger partial charge on any atom is 0.0628 e. The van der Waals surface area contributed by atoms with Crippen molar-refractivity contribution in [3.63, 3.8) is 0 Å². The molecule has 108 valence electrons. The van der Waals surface area contributed by atoms with Gasteiger partial charge in [-0.15, -0.1) is 0 Å². The second kappa shape index (κ2) is 6.85. The zero-order chi connectivity index (χ0) is 13.8. The number of nitrogens with one attached hydrogen (secondary N) is 1. The molecule has 0 radical (unpaired) electrons. The van der Waals surface area contributed by atoms with E-state index < -0.39 is 0 Å². The third-order valence-corrected chi connectivity index (χ3v) is 4.28. The molecule has 0 amide bonds. The molecule has 0 aliphatic heterocycles. The van der Waals surface area contributed by atoms with E-state index in [4.69, 9.17) is 0 Å². The molecule has 0 heterocycles. The van der Waals surface area contributed by atoms with Crippen LogP contribution in [0.3, 0.4) is 0 Å². The molecule has 1 aliphatic rings. The van der Waals surface area contributed by atoms with Gasteiger partial charge >= 0.3 is 0 Å². The van der Waals surface area contributed by atoms with E-state index >= 15 is 0 Å². The van der Waals surface area contributed by atoms with Crippen LogP contribution in [0.15, 0.2) is 0 Å². The highest BCUT2D eigenvalue weighted by atomic mass is 16.3. The van der Waals surface area contributed by atoms with E-state index in [1.807, 2.05) is 7.05 Å². The highest BCUT2D eigenvalue weighted by Crippen LogP contribution is 2.40. The predicted octanol–water partition coefficient (Wildman–Crippen LogP) is 0.619. The van der Waals surface area contributed by atoms with Gasteiger partial charge in [-0.05, 0) is 53.4 Å². The van der Waals surface area contributed by atoms with Crippen LogP contribution in [-0.2, 0) is 0 Å². The molecule has 2 atom stereocenters. The highest BCUT2D eigenvalue weighted by Gasteiger charge is 2.45. The Hall–Kier alpha value is -0.160. The minimum absolute atomic E-state index is 0.101. The van der Waals surface area contributed by atoms with Gasteiger partial charge in [0.05, 0.1) is 12.1 Å². The fraction of sp³-hybridized carbons (Fsp3) is 1.00. The lowest BCUT2D eigenvalue weighted by Gasteiger charge is -2.40. The fourth-order valence-corrected chi connectivity index (χ4v) is 2.89. The zero-order valence-corrected chi connectivity index (χ0v) is 12.7. The average molecular weight is 257 g/mol. The molecule has 1 saturated carbocycles. The van der Waals surface area contributed by atoms with Crippen LogP contribution in [0.4, 0.5) is 0 Å². The van der Waals surface area contributed by atoms with Gasteiger partial charge in [-0.25, -0.2) is 0 Å². The Kier molecular flexibility index (Phi) is 6.05. The van der Waals surface area contributed by atoms with Crippen molar-refractivity contribution in [2.45, 2.75) is 38.3 Å². The Balaban J connectivity index is 2.64. The molecule has 0 aromatic heterocycles. The van der Waals surface area contributed by atoms with Crippen LogP contribution in [0.5, 0.6) is 0 Å². The number of nitrogens with zero attached hydrogens (tertiary/aromatic N) is 2. The number of hydrogen-bond acceptors (Lipinski definition) is 4. The summed E-state index contributed by atoms with van der Waals surface area (Å²) < 4.78 is 0. The highest BCUT2D eigenvalue weighted by molar-refractivity contribution is 5.02. The number of rotatable bonds is 9. The average Bonchev–Trinajstić information content (AvgIpc) is 3.15. The van der Waals surface area contributed by atoms with Crippen molar-refractivity contribution in [3.8, 4) is 0 Å². The molecular weight excluding hydrogens is 226 g/mol. The smallest absolute Gasteiger partial charge is 0.0628 e. The van der Waals surface area contributed by atoms with Crippen LogP contribution in [0.1, 0.15) is 26.7 Å². The Morgan fingerprint density at radius 2 is 2.00 bits per heavy atom. The number of hydrogen-bond donors (Lipinski definition) is 2. The minimum Gasteiger partial charge on any atom is -0.394 e. The van der Waals surface area contributed by atoms with Crippen LogP contribution in [0.2, 0.25) is 0 Å². The summed E-state index contributed by atoms with van der Waals surface area (Å²) in [6, 6.07) is 0.517.